The predicted octanol–water partition coefficient (Wildman–Crippen LogP) is 1.60. The number of sulfonamides is 1. The molecule has 0 spiro atoms. The highest BCUT2D eigenvalue weighted by atomic mass is 32.2. The number of aliphatic hydroxyl groups excluding tert-OH is 1. The summed E-state index contributed by atoms with van der Waals surface area (Å²) >= 11 is 0. The highest BCUT2D eigenvalue weighted by Gasteiger charge is 2.44. The molecule has 0 bridgehead atoms. The molecule has 2 rings (SSSR count). The number of nitro benzene ring substituents is 1. The first-order valence-corrected chi connectivity index (χ1v) is 8.34. The van der Waals surface area contributed by atoms with Crippen LogP contribution in [0.15, 0.2) is 17.0 Å². The van der Waals surface area contributed by atoms with E-state index in [1.165, 1.54) is 16.4 Å². The lowest BCUT2D eigenvalue weighted by molar-refractivity contribution is -0.385. The molecule has 122 valence electrons. The Morgan fingerprint density at radius 2 is 1.82 bits per heavy atom. The van der Waals surface area contributed by atoms with Gasteiger partial charge < -0.3 is 5.11 Å². The van der Waals surface area contributed by atoms with Crippen LogP contribution >= 0.6 is 0 Å². The van der Waals surface area contributed by atoms with Crippen LogP contribution in [-0.4, -0.2) is 41.9 Å². The van der Waals surface area contributed by atoms with E-state index in [0.29, 0.717) is 11.1 Å². The number of benzene rings is 1. The molecule has 1 fully saturated rings. The standard InChI is InChI=1S/C14H20N2O5S/c1-9-5-11(16(18)19)6-10(2)13(9)22(20,21)15-7-12(17)14(3,4)8-15/h5-6,12,17H,7-8H2,1-4H3. The second-order valence-electron chi connectivity index (χ2n) is 6.47. The van der Waals surface area contributed by atoms with E-state index in [2.05, 4.69) is 0 Å². The van der Waals surface area contributed by atoms with Crippen molar-refractivity contribution >= 4 is 15.7 Å². The lowest BCUT2D eigenvalue weighted by Crippen LogP contribution is -2.31. The number of hydrogen-bond donors (Lipinski definition) is 1. The molecular formula is C14H20N2O5S. The monoisotopic (exact) mass is 328 g/mol. The van der Waals surface area contributed by atoms with E-state index >= 15 is 0 Å². The minimum Gasteiger partial charge on any atom is -0.391 e. The van der Waals surface area contributed by atoms with Gasteiger partial charge in [-0.2, -0.15) is 4.31 Å². The number of β-amino-alcohol motifs (C(OH)–C–C–N with tert-alkyl or cyclic N) is 1. The molecule has 0 aromatic heterocycles. The molecule has 1 N–H and O–H groups in total. The van der Waals surface area contributed by atoms with Crippen LogP contribution in [0.2, 0.25) is 0 Å². The van der Waals surface area contributed by atoms with Gasteiger partial charge in [-0.3, -0.25) is 10.1 Å². The molecule has 8 heteroatoms. The van der Waals surface area contributed by atoms with Crippen LogP contribution in [0.25, 0.3) is 0 Å². The zero-order valence-electron chi connectivity index (χ0n) is 13.0. The molecule has 0 saturated carbocycles. The molecule has 1 aromatic rings. The fraction of sp³-hybridized carbons (Fsp3) is 0.571. The van der Waals surface area contributed by atoms with E-state index in [9.17, 15) is 23.6 Å². The molecular weight excluding hydrogens is 308 g/mol. The van der Waals surface area contributed by atoms with Crippen LogP contribution in [0.4, 0.5) is 5.69 Å². The molecule has 1 atom stereocenters. The number of rotatable bonds is 3. The van der Waals surface area contributed by atoms with Gasteiger partial charge in [-0.05, 0) is 25.0 Å². The van der Waals surface area contributed by atoms with Gasteiger partial charge in [0, 0.05) is 30.6 Å². The Balaban J connectivity index is 2.50. The van der Waals surface area contributed by atoms with Crippen molar-refractivity contribution < 1.29 is 18.4 Å². The summed E-state index contributed by atoms with van der Waals surface area (Å²) in [6, 6.07) is 2.52. The third-order valence-corrected chi connectivity index (χ3v) is 6.23. The summed E-state index contributed by atoms with van der Waals surface area (Å²) in [6.07, 6.45) is -0.735. The van der Waals surface area contributed by atoms with Crippen molar-refractivity contribution in [3.63, 3.8) is 0 Å². The van der Waals surface area contributed by atoms with Gasteiger partial charge in [0.1, 0.15) is 0 Å². The smallest absolute Gasteiger partial charge is 0.270 e. The van der Waals surface area contributed by atoms with E-state index in [1.807, 2.05) is 13.8 Å². The van der Waals surface area contributed by atoms with Crippen molar-refractivity contribution in [2.75, 3.05) is 13.1 Å². The summed E-state index contributed by atoms with van der Waals surface area (Å²) in [7, 11) is -3.80. The molecule has 1 heterocycles. The van der Waals surface area contributed by atoms with Gasteiger partial charge >= 0.3 is 0 Å². The highest BCUT2D eigenvalue weighted by molar-refractivity contribution is 7.89. The Labute approximate surface area is 129 Å². The van der Waals surface area contributed by atoms with Crippen LogP contribution < -0.4 is 0 Å². The molecule has 0 aliphatic carbocycles. The zero-order valence-corrected chi connectivity index (χ0v) is 13.8. The average molecular weight is 328 g/mol. The second kappa shape index (κ2) is 5.29. The molecule has 1 aliphatic rings. The number of hydrogen-bond acceptors (Lipinski definition) is 5. The van der Waals surface area contributed by atoms with Gasteiger partial charge in [0.2, 0.25) is 10.0 Å². The van der Waals surface area contributed by atoms with Crippen molar-refractivity contribution in [2.24, 2.45) is 5.41 Å². The number of aryl methyl sites for hydroxylation is 2. The number of aliphatic hydroxyl groups is 1. The second-order valence-corrected chi connectivity index (χ2v) is 8.34. The van der Waals surface area contributed by atoms with Crippen molar-refractivity contribution in [3.05, 3.63) is 33.4 Å². The minimum atomic E-state index is -3.80. The molecule has 1 aliphatic heterocycles. The van der Waals surface area contributed by atoms with E-state index in [-0.39, 0.29) is 23.7 Å². The summed E-state index contributed by atoms with van der Waals surface area (Å²) < 4.78 is 26.9. The van der Waals surface area contributed by atoms with E-state index in [4.69, 9.17) is 0 Å². The zero-order chi connectivity index (χ0) is 16.9. The SMILES string of the molecule is Cc1cc([N+](=O)[O-])cc(C)c1S(=O)(=O)N1CC(O)C(C)(C)C1. The van der Waals surface area contributed by atoms with Gasteiger partial charge in [0.25, 0.3) is 5.69 Å². The van der Waals surface area contributed by atoms with Crippen LogP contribution in [0.5, 0.6) is 0 Å². The summed E-state index contributed by atoms with van der Waals surface area (Å²) in [5.41, 5.74) is 0.0304. The largest absolute Gasteiger partial charge is 0.391 e. The normalized spacial score (nSPS) is 22.0. The highest BCUT2D eigenvalue weighted by Crippen LogP contribution is 2.35. The first-order chi connectivity index (χ1) is 9.96. The van der Waals surface area contributed by atoms with E-state index in [0.717, 1.165) is 0 Å². The van der Waals surface area contributed by atoms with Crippen LogP contribution in [0, 0.1) is 29.4 Å². The van der Waals surface area contributed by atoms with Crippen LogP contribution in [0.3, 0.4) is 0 Å². The summed E-state index contributed by atoms with van der Waals surface area (Å²) in [5, 5.41) is 20.9. The van der Waals surface area contributed by atoms with Crippen molar-refractivity contribution in [3.8, 4) is 0 Å². The Kier molecular flexibility index (Phi) is 4.05. The number of nitro groups is 1. The average Bonchev–Trinajstić information content (AvgIpc) is 2.63. The van der Waals surface area contributed by atoms with Gasteiger partial charge in [-0.25, -0.2) is 8.42 Å². The van der Waals surface area contributed by atoms with Gasteiger partial charge in [0.05, 0.1) is 15.9 Å². The fourth-order valence-electron chi connectivity index (χ4n) is 2.82. The minimum absolute atomic E-state index is 0.0329. The van der Waals surface area contributed by atoms with E-state index < -0.39 is 26.5 Å². The maximum Gasteiger partial charge on any atom is 0.270 e. The first-order valence-electron chi connectivity index (χ1n) is 6.90. The lowest BCUT2D eigenvalue weighted by Gasteiger charge is -2.22. The van der Waals surface area contributed by atoms with Crippen molar-refractivity contribution in [1.82, 2.24) is 4.31 Å². The van der Waals surface area contributed by atoms with Crippen LogP contribution in [-0.2, 0) is 10.0 Å². The van der Waals surface area contributed by atoms with E-state index in [1.54, 1.807) is 13.8 Å². The molecule has 22 heavy (non-hydrogen) atoms. The lowest BCUT2D eigenvalue weighted by atomic mass is 9.90. The molecule has 1 saturated heterocycles. The first kappa shape index (κ1) is 16.9. The Morgan fingerprint density at radius 1 is 1.32 bits per heavy atom. The molecule has 0 amide bonds. The Bertz CT molecular complexity index is 704. The molecule has 1 unspecified atom stereocenters. The molecule has 0 radical (unpaired) electrons. The third-order valence-electron chi connectivity index (χ3n) is 4.12. The predicted molar refractivity (Wildman–Crippen MR) is 81.1 cm³/mol. The maximum absolute atomic E-state index is 12.8. The summed E-state index contributed by atoms with van der Waals surface area (Å²) in [5.74, 6) is 0. The number of non-ortho nitro benzene ring substituents is 1. The Hall–Kier alpha value is -1.51. The quantitative estimate of drug-likeness (QED) is 0.671. The molecule has 1 aromatic carbocycles. The number of nitrogens with zero attached hydrogens (tertiary/aromatic N) is 2. The van der Waals surface area contributed by atoms with Gasteiger partial charge in [0.15, 0.2) is 0 Å². The van der Waals surface area contributed by atoms with Gasteiger partial charge in [-0.15, -0.1) is 0 Å². The summed E-state index contributed by atoms with van der Waals surface area (Å²) in [6.45, 7) is 6.96. The Morgan fingerprint density at radius 3 is 2.18 bits per heavy atom. The molecule has 7 nitrogen and oxygen atoms in total. The van der Waals surface area contributed by atoms with Crippen molar-refractivity contribution in [2.45, 2.75) is 38.7 Å². The maximum atomic E-state index is 12.8. The van der Waals surface area contributed by atoms with Crippen LogP contribution in [0.1, 0.15) is 25.0 Å². The van der Waals surface area contributed by atoms with Crippen molar-refractivity contribution in [1.29, 1.82) is 0 Å². The topological polar surface area (TPSA) is 101 Å². The fourth-order valence-corrected chi connectivity index (χ4v) is 4.85. The third kappa shape index (κ3) is 2.73. The van der Waals surface area contributed by atoms with Gasteiger partial charge in [-0.1, -0.05) is 13.8 Å². The summed E-state index contributed by atoms with van der Waals surface area (Å²) in [4.78, 5) is 10.4.